The molecule has 4 nitrogen and oxygen atoms in total. The Bertz CT molecular complexity index is 532. The first-order valence-corrected chi connectivity index (χ1v) is 6.19. The summed E-state index contributed by atoms with van der Waals surface area (Å²) < 4.78 is 0. The van der Waals surface area contributed by atoms with E-state index in [2.05, 4.69) is 11.1 Å². The molecule has 0 saturated carbocycles. The van der Waals surface area contributed by atoms with Gasteiger partial charge in [0, 0.05) is 18.8 Å². The van der Waals surface area contributed by atoms with Crippen LogP contribution in [0.5, 0.6) is 0 Å². The maximum Gasteiger partial charge on any atom is 0.174 e. The highest BCUT2D eigenvalue weighted by Gasteiger charge is 2.35. The highest BCUT2D eigenvalue weighted by atomic mass is 16.7. The van der Waals surface area contributed by atoms with Gasteiger partial charge in [0.05, 0.1) is 17.8 Å². The van der Waals surface area contributed by atoms with E-state index < -0.39 is 6.10 Å². The molecule has 1 aromatic carbocycles. The van der Waals surface area contributed by atoms with Crippen LogP contribution in [0.25, 0.3) is 0 Å². The zero-order chi connectivity index (χ0) is 13.1. The SMILES string of the molecule is N#CC1CC(c2cccnc2)N(c2ccccc2)O1. The van der Waals surface area contributed by atoms with Crippen molar-refractivity contribution in [1.82, 2.24) is 4.98 Å². The zero-order valence-electron chi connectivity index (χ0n) is 10.3. The third kappa shape index (κ3) is 2.28. The van der Waals surface area contributed by atoms with Gasteiger partial charge in [-0.05, 0) is 23.8 Å². The maximum atomic E-state index is 9.08. The molecule has 1 aliphatic rings. The lowest BCUT2D eigenvalue weighted by Gasteiger charge is -2.24. The van der Waals surface area contributed by atoms with Gasteiger partial charge in [0.1, 0.15) is 0 Å². The molecule has 0 aliphatic carbocycles. The van der Waals surface area contributed by atoms with Crippen LogP contribution in [0.15, 0.2) is 54.9 Å². The number of benzene rings is 1. The van der Waals surface area contributed by atoms with E-state index in [1.54, 1.807) is 6.20 Å². The van der Waals surface area contributed by atoms with Crippen molar-refractivity contribution in [2.24, 2.45) is 0 Å². The zero-order valence-corrected chi connectivity index (χ0v) is 10.3. The summed E-state index contributed by atoms with van der Waals surface area (Å²) in [7, 11) is 0. The summed E-state index contributed by atoms with van der Waals surface area (Å²) in [5.74, 6) is 0. The lowest BCUT2D eigenvalue weighted by molar-refractivity contribution is 0.118. The Morgan fingerprint density at radius 3 is 2.74 bits per heavy atom. The summed E-state index contributed by atoms with van der Waals surface area (Å²) in [6.45, 7) is 0. The molecule has 3 rings (SSSR count). The number of hydrogen-bond acceptors (Lipinski definition) is 4. The molecule has 2 aromatic rings. The molecule has 4 heteroatoms. The van der Waals surface area contributed by atoms with Crippen molar-refractivity contribution in [3.63, 3.8) is 0 Å². The standard InChI is InChI=1S/C15H13N3O/c16-10-14-9-15(12-5-4-8-17-11-12)18(19-14)13-6-2-1-3-7-13/h1-8,11,14-15H,9H2. The third-order valence-corrected chi connectivity index (χ3v) is 3.19. The number of nitrogens with zero attached hydrogens (tertiary/aromatic N) is 3. The van der Waals surface area contributed by atoms with Gasteiger partial charge in [-0.25, -0.2) is 5.06 Å². The van der Waals surface area contributed by atoms with E-state index in [1.165, 1.54) is 0 Å². The summed E-state index contributed by atoms with van der Waals surface area (Å²) in [6.07, 6.45) is 3.81. The Labute approximate surface area is 111 Å². The van der Waals surface area contributed by atoms with Crippen molar-refractivity contribution >= 4 is 5.69 Å². The predicted octanol–water partition coefficient (Wildman–Crippen LogP) is 2.86. The summed E-state index contributed by atoms with van der Waals surface area (Å²) in [4.78, 5) is 9.85. The molecule has 0 radical (unpaired) electrons. The number of rotatable bonds is 2. The minimum absolute atomic E-state index is 0.0285. The van der Waals surface area contributed by atoms with Gasteiger partial charge in [-0.15, -0.1) is 0 Å². The van der Waals surface area contributed by atoms with Crippen LogP contribution in [-0.2, 0) is 4.84 Å². The highest BCUT2D eigenvalue weighted by Crippen LogP contribution is 2.37. The molecule has 1 saturated heterocycles. The fourth-order valence-electron chi connectivity index (χ4n) is 2.29. The van der Waals surface area contributed by atoms with Gasteiger partial charge in [0.15, 0.2) is 6.10 Å². The molecule has 0 bridgehead atoms. The Hall–Kier alpha value is -2.38. The van der Waals surface area contributed by atoms with Gasteiger partial charge in [-0.1, -0.05) is 24.3 Å². The van der Waals surface area contributed by atoms with Gasteiger partial charge < -0.3 is 0 Å². The summed E-state index contributed by atoms with van der Waals surface area (Å²) in [6, 6.07) is 15.9. The Morgan fingerprint density at radius 1 is 1.21 bits per heavy atom. The Morgan fingerprint density at radius 2 is 2.05 bits per heavy atom. The van der Waals surface area contributed by atoms with Crippen molar-refractivity contribution < 1.29 is 4.84 Å². The average Bonchev–Trinajstić information content (AvgIpc) is 2.93. The molecule has 1 fully saturated rings. The fourth-order valence-corrected chi connectivity index (χ4v) is 2.29. The van der Waals surface area contributed by atoms with E-state index >= 15 is 0 Å². The number of para-hydroxylation sites is 1. The van der Waals surface area contributed by atoms with Gasteiger partial charge in [-0.3, -0.25) is 9.82 Å². The Balaban J connectivity index is 1.95. The summed E-state index contributed by atoms with van der Waals surface area (Å²) in [5, 5.41) is 10.9. The summed E-state index contributed by atoms with van der Waals surface area (Å²) in [5.41, 5.74) is 2.01. The minimum Gasteiger partial charge on any atom is -0.264 e. The van der Waals surface area contributed by atoms with Crippen LogP contribution in [0.1, 0.15) is 18.0 Å². The smallest absolute Gasteiger partial charge is 0.174 e. The van der Waals surface area contributed by atoms with E-state index in [-0.39, 0.29) is 6.04 Å². The first-order valence-electron chi connectivity index (χ1n) is 6.19. The van der Waals surface area contributed by atoms with E-state index in [0.29, 0.717) is 6.42 Å². The molecule has 0 amide bonds. The van der Waals surface area contributed by atoms with E-state index in [4.69, 9.17) is 10.1 Å². The second kappa shape index (κ2) is 5.09. The third-order valence-electron chi connectivity index (χ3n) is 3.19. The molecular weight excluding hydrogens is 238 g/mol. The topological polar surface area (TPSA) is 49.2 Å². The minimum atomic E-state index is -0.412. The summed E-state index contributed by atoms with van der Waals surface area (Å²) >= 11 is 0. The van der Waals surface area contributed by atoms with Gasteiger partial charge in [0.2, 0.25) is 0 Å². The fraction of sp³-hybridized carbons (Fsp3) is 0.200. The normalized spacial score (nSPS) is 22.2. The van der Waals surface area contributed by atoms with Gasteiger partial charge in [-0.2, -0.15) is 5.26 Å². The molecule has 94 valence electrons. The molecular formula is C15H13N3O. The first-order chi connectivity index (χ1) is 9.38. The second-order valence-electron chi connectivity index (χ2n) is 4.42. The molecule has 2 heterocycles. The number of anilines is 1. The second-order valence-corrected chi connectivity index (χ2v) is 4.42. The van der Waals surface area contributed by atoms with Crippen LogP contribution >= 0.6 is 0 Å². The van der Waals surface area contributed by atoms with Gasteiger partial charge in [0.25, 0.3) is 0 Å². The van der Waals surface area contributed by atoms with Crippen molar-refractivity contribution in [2.75, 3.05) is 5.06 Å². The largest absolute Gasteiger partial charge is 0.264 e. The number of pyridine rings is 1. The number of aromatic nitrogens is 1. The van der Waals surface area contributed by atoms with Crippen molar-refractivity contribution in [1.29, 1.82) is 5.26 Å². The van der Waals surface area contributed by atoms with Crippen molar-refractivity contribution in [3.8, 4) is 6.07 Å². The van der Waals surface area contributed by atoms with Crippen LogP contribution in [0, 0.1) is 11.3 Å². The molecule has 0 N–H and O–H groups in total. The Kier molecular flexibility index (Phi) is 3.13. The average molecular weight is 251 g/mol. The van der Waals surface area contributed by atoms with Gasteiger partial charge >= 0.3 is 0 Å². The van der Waals surface area contributed by atoms with Crippen molar-refractivity contribution in [2.45, 2.75) is 18.6 Å². The van der Waals surface area contributed by atoms with Crippen LogP contribution in [0.4, 0.5) is 5.69 Å². The highest BCUT2D eigenvalue weighted by molar-refractivity contribution is 5.47. The maximum absolute atomic E-state index is 9.08. The molecule has 1 aromatic heterocycles. The number of nitriles is 1. The monoisotopic (exact) mass is 251 g/mol. The van der Waals surface area contributed by atoms with E-state index in [1.807, 2.05) is 53.7 Å². The van der Waals surface area contributed by atoms with E-state index in [9.17, 15) is 0 Å². The molecule has 1 aliphatic heterocycles. The molecule has 2 unspecified atom stereocenters. The quantitative estimate of drug-likeness (QED) is 0.823. The lowest BCUT2D eigenvalue weighted by Crippen LogP contribution is -2.21. The van der Waals surface area contributed by atoms with E-state index in [0.717, 1.165) is 11.3 Å². The van der Waals surface area contributed by atoms with Crippen LogP contribution in [-0.4, -0.2) is 11.1 Å². The molecule has 0 spiro atoms. The predicted molar refractivity (Wildman–Crippen MR) is 71.0 cm³/mol. The first kappa shape index (κ1) is 11.7. The van der Waals surface area contributed by atoms with Crippen LogP contribution in [0.3, 0.4) is 0 Å². The number of hydrogen-bond donors (Lipinski definition) is 0. The molecule has 2 atom stereocenters. The van der Waals surface area contributed by atoms with Crippen LogP contribution < -0.4 is 5.06 Å². The lowest BCUT2D eigenvalue weighted by atomic mass is 10.0. The van der Waals surface area contributed by atoms with Crippen molar-refractivity contribution in [3.05, 3.63) is 60.4 Å². The molecule has 19 heavy (non-hydrogen) atoms. The van der Waals surface area contributed by atoms with Crippen LogP contribution in [0.2, 0.25) is 0 Å². The number of hydroxylamine groups is 1.